The van der Waals surface area contributed by atoms with Crippen LogP contribution in [0.1, 0.15) is 22.5 Å². The van der Waals surface area contributed by atoms with Crippen LogP contribution in [0.3, 0.4) is 0 Å². The summed E-state index contributed by atoms with van der Waals surface area (Å²) in [5, 5.41) is 23.9. The van der Waals surface area contributed by atoms with Gasteiger partial charge in [0.15, 0.2) is 25.5 Å². The van der Waals surface area contributed by atoms with E-state index in [9.17, 15) is 0 Å². The van der Waals surface area contributed by atoms with Gasteiger partial charge in [0.1, 0.15) is 12.4 Å². The van der Waals surface area contributed by atoms with Gasteiger partial charge in [0.25, 0.3) is 0 Å². The summed E-state index contributed by atoms with van der Waals surface area (Å²) in [6.07, 6.45) is 6.74. The molecule has 2 N–H and O–H groups in total. The number of hydrogen-bond acceptors (Lipinski definition) is 4. The van der Waals surface area contributed by atoms with Crippen molar-refractivity contribution in [1.82, 2.24) is 0 Å². The molecule has 0 atom stereocenters. The highest BCUT2D eigenvalue weighted by molar-refractivity contribution is 5.74. The van der Waals surface area contributed by atoms with Gasteiger partial charge in [-0.05, 0) is 18.2 Å². The first-order chi connectivity index (χ1) is 12.8. The highest BCUT2D eigenvalue weighted by atomic mass is 79.9. The molecule has 0 aliphatic heterocycles. The molecule has 0 fully saturated rings. The number of oxime groups is 2. The molecule has 0 aliphatic carbocycles. The van der Waals surface area contributed by atoms with Crippen LogP contribution in [0.15, 0.2) is 83.4 Å². The van der Waals surface area contributed by atoms with Crippen LogP contribution in [-0.2, 0) is 13.1 Å². The molecule has 8 heteroatoms. The summed E-state index contributed by atoms with van der Waals surface area (Å²) in [5.41, 5.74) is 3.92. The predicted molar refractivity (Wildman–Crippen MR) is 96.7 cm³/mol. The number of pyridine rings is 2. The summed E-state index contributed by atoms with van der Waals surface area (Å²) in [5.74, 6) is 0. The quantitative estimate of drug-likeness (QED) is 0.154. The average Bonchev–Trinajstić information content (AvgIpc) is 2.66. The third kappa shape index (κ3) is 6.24. The zero-order valence-electron chi connectivity index (χ0n) is 14.9. The van der Waals surface area contributed by atoms with Crippen molar-refractivity contribution >= 4 is 12.4 Å². The van der Waals surface area contributed by atoms with Gasteiger partial charge in [0.05, 0.1) is 0 Å². The summed E-state index contributed by atoms with van der Waals surface area (Å²) < 4.78 is 4.02. The van der Waals surface area contributed by atoms with Gasteiger partial charge in [-0.2, -0.15) is 9.13 Å². The fraction of sp³-hybridized carbons (Fsp3) is 0.100. The molecule has 6 nitrogen and oxygen atoms in total. The Hall–Kier alpha value is -2.58. The Morgan fingerprint density at radius 1 is 0.679 bits per heavy atom. The first kappa shape index (κ1) is 23.5. The Balaban J connectivity index is 0.00000196. The summed E-state index contributed by atoms with van der Waals surface area (Å²) in [4.78, 5) is 0. The minimum Gasteiger partial charge on any atom is -1.00 e. The van der Waals surface area contributed by atoms with Gasteiger partial charge in [-0.15, -0.1) is 0 Å². The lowest BCUT2D eigenvalue weighted by Gasteiger charge is -2.04. The molecule has 0 radical (unpaired) electrons. The number of halogens is 2. The van der Waals surface area contributed by atoms with Crippen LogP contribution in [-0.4, -0.2) is 22.8 Å². The van der Waals surface area contributed by atoms with Crippen LogP contribution in [0.5, 0.6) is 0 Å². The molecular formula is C20H20Br2N4O2. The van der Waals surface area contributed by atoms with E-state index < -0.39 is 0 Å². The maximum absolute atomic E-state index is 8.81. The highest BCUT2D eigenvalue weighted by Crippen LogP contribution is 2.06. The molecule has 3 aromatic rings. The molecule has 0 unspecified atom stereocenters. The molecule has 28 heavy (non-hydrogen) atoms. The second-order valence-electron chi connectivity index (χ2n) is 5.82. The van der Waals surface area contributed by atoms with Crippen LogP contribution in [0.25, 0.3) is 0 Å². The Kier molecular flexibility index (Phi) is 10.0. The van der Waals surface area contributed by atoms with Crippen LogP contribution >= 0.6 is 0 Å². The summed E-state index contributed by atoms with van der Waals surface area (Å²) in [7, 11) is 0. The van der Waals surface area contributed by atoms with Gasteiger partial charge >= 0.3 is 0 Å². The Bertz CT molecular complexity index is 876. The molecule has 0 amide bonds. The standard InChI is InChI=1S/C20H18N4O2.2BrH/c25-21-13-19-8-1-3-10-23(19)15-17-6-5-7-18(12-17)16-24-11-4-2-9-20(24)14-22-26;;/h1-14H,15-16H2;2*1H. The molecule has 0 bridgehead atoms. The van der Waals surface area contributed by atoms with E-state index in [0.29, 0.717) is 13.1 Å². The first-order valence-corrected chi connectivity index (χ1v) is 8.20. The molecule has 0 spiro atoms. The molecule has 2 aromatic heterocycles. The van der Waals surface area contributed by atoms with Crippen molar-refractivity contribution in [3.63, 3.8) is 0 Å². The third-order valence-corrected chi connectivity index (χ3v) is 4.03. The maximum Gasteiger partial charge on any atom is 0.227 e. The normalized spacial score (nSPS) is 10.6. The molecule has 146 valence electrons. The van der Waals surface area contributed by atoms with Crippen molar-refractivity contribution < 1.29 is 53.5 Å². The van der Waals surface area contributed by atoms with Gasteiger partial charge in [-0.3, -0.25) is 0 Å². The lowest BCUT2D eigenvalue weighted by Crippen LogP contribution is -3.00. The number of hydrogen-bond donors (Lipinski definition) is 2. The van der Waals surface area contributed by atoms with Crippen LogP contribution in [0.2, 0.25) is 0 Å². The number of aromatic nitrogens is 2. The van der Waals surface area contributed by atoms with Gasteiger partial charge in [0, 0.05) is 35.4 Å². The van der Waals surface area contributed by atoms with Gasteiger partial charge < -0.3 is 44.4 Å². The van der Waals surface area contributed by atoms with Crippen molar-refractivity contribution in [2.24, 2.45) is 10.3 Å². The predicted octanol–water partition coefficient (Wildman–Crippen LogP) is -4.02. The zero-order chi connectivity index (χ0) is 18.2. The van der Waals surface area contributed by atoms with E-state index >= 15 is 0 Å². The molecule has 1 aromatic carbocycles. The molecule has 0 aliphatic rings. The van der Waals surface area contributed by atoms with Crippen molar-refractivity contribution in [2.45, 2.75) is 13.1 Å². The van der Waals surface area contributed by atoms with Crippen LogP contribution in [0, 0.1) is 0 Å². The molecular weight excluding hydrogens is 488 g/mol. The van der Waals surface area contributed by atoms with Gasteiger partial charge in [-0.25, -0.2) is 0 Å². The minimum absolute atomic E-state index is 0. The topological polar surface area (TPSA) is 72.9 Å². The number of rotatable bonds is 6. The Morgan fingerprint density at radius 3 is 1.57 bits per heavy atom. The van der Waals surface area contributed by atoms with Crippen molar-refractivity contribution in [3.8, 4) is 0 Å². The first-order valence-electron chi connectivity index (χ1n) is 8.20. The fourth-order valence-corrected chi connectivity index (χ4v) is 2.84. The summed E-state index contributed by atoms with van der Waals surface area (Å²) in [6, 6.07) is 19.8. The monoisotopic (exact) mass is 506 g/mol. The van der Waals surface area contributed by atoms with Crippen molar-refractivity contribution in [2.75, 3.05) is 0 Å². The Morgan fingerprint density at radius 2 is 1.14 bits per heavy atom. The second kappa shape index (κ2) is 12.0. The fourth-order valence-electron chi connectivity index (χ4n) is 2.84. The smallest absolute Gasteiger partial charge is 0.227 e. The van der Waals surface area contributed by atoms with E-state index in [4.69, 9.17) is 10.4 Å². The lowest BCUT2D eigenvalue weighted by molar-refractivity contribution is -0.690. The van der Waals surface area contributed by atoms with Crippen molar-refractivity contribution in [1.29, 1.82) is 0 Å². The van der Waals surface area contributed by atoms with Gasteiger partial charge in [-0.1, -0.05) is 28.5 Å². The summed E-state index contributed by atoms with van der Waals surface area (Å²) >= 11 is 0. The molecule has 0 saturated carbocycles. The van der Waals surface area contributed by atoms with E-state index in [1.807, 2.05) is 64.0 Å². The molecule has 0 saturated heterocycles. The highest BCUT2D eigenvalue weighted by Gasteiger charge is 2.12. The number of benzene rings is 1. The second-order valence-corrected chi connectivity index (χ2v) is 5.82. The van der Waals surface area contributed by atoms with E-state index in [-0.39, 0.29) is 34.0 Å². The SMILES string of the molecule is O/N=C\c1cccc[n+]1Cc1cccc(C[n+]2ccccc2/C=N/O)c1.[Br-].[Br-]. The van der Waals surface area contributed by atoms with E-state index in [1.54, 1.807) is 0 Å². The van der Waals surface area contributed by atoms with Crippen LogP contribution < -0.4 is 43.1 Å². The zero-order valence-corrected chi connectivity index (χ0v) is 18.1. The summed E-state index contributed by atoms with van der Waals surface area (Å²) in [6.45, 7) is 1.33. The number of nitrogens with zero attached hydrogens (tertiary/aromatic N) is 4. The van der Waals surface area contributed by atoms with E-state index in [1.165, 1.54) is 12.4 Å². The van der Waals surface area contributed by atoms with Crippen molar-refractivity contribution in [3.05, 3.63) is 95.6 Å². The largest absolute Gasteiger partial charge is 1.00 e. The maximum atomic E-state index is 8.81. The molecule has 2 heterocycles. The van der Waals surface area contributed by atoms with E-state index in [0.717, 1.165) is 22.5 Å². The van der Waals surface area contributed by atoms with Gasteiger partial charge in [0.2, 0.25) is 11.4 Å². The lowest BCUT2D eigenvalue weighted by atomic mass is 10.1. The van der Waals surface area contributed by atoms with Crippen LogP contribution in [0.4, 0.5) is 0 Å². The Labute approximate surface area is 184 Å². The third-order valence-electron chi connectivity index (χ3n) is 4.03. The van der Waals surface area contributed by atoms with E-state index in [2.05, 4.69) is 28.5 Å². The average molecular weight is 508 g/mol. The minimum atomic E-state index is 0. The molecule has 3 rings (SSSR count).